The molecule has 0 unspecified atom stereocenters. The number of rotatable bonds is 0. The molecule has 0 radical (unpaired) electrons. The third kappa shape index (κ3) is 1.90. The van der Waals surface area contributed by atoms with Crippen LogP contribution in [0.25, 0.3) is 0 Å². The number of hydrogen-bond acceptors (Lipinski definition) is 1. The molecule has 0 aliphatic heterocycles. The van der Waals surface area contributed by atoms with Gasteiger partial charge in [0, 0.05) is 0 Å². The van der Waals surface area contributed by atoms with Crippen molar-refractivity contribution in [3.8, 4) is 0 Å². The van der Waals surface area contributed by atoms with Gasteiger partial charge in [-0.15, -0.1) is 12.6 Å². The van der Waals surface area contributed by atoms with E-state index in [0.29, 0.717) is 0 Å². The third-order valence-electron chi connectivity index (χ3n) is 1.52. The van der Waals surface area contributed by atoms with Crippen molar-refractivity contribution in [3.63, 3.8) is 0 Å². The zero-order valence-corrected chi connectivity index (χ0v) is 7.49. The number of alkyl halides is 3. The Morgan fingerprint density at radius 3 is 1.60 bits per heavy atom. The summed E-state index contributed by atoms with van der Waals surface area (Å²) >= 11 is 2.97. The van der Waals surface area contributed by atoms with Gasteiger partial charge in [0.15, 0.2) is 23.3 Å². The van der Waals surface area contributed by atoms with E-state index in [4.69, 9.17) is 0 Å². The fourth-order valence-corrected chi connectivity index (χ4v) is 1.08. The molecule has 0 aliphatic rings. The van der Waals surface area contributed by atoms with Gasteiger partial charge in [0.2, 0.25) is 0 Å². The normalized spacial score (nSPS) is 12.0. The van der Waals surface area contributed by atoms with Gasteiger partial charge >= 0.3 is 6.18 Å². The second-order valence-corrected chi connectivity index (χ2v) is 2.92. The van der Waals surface area contributed by atoms with Crippen LogP contribution in [0, 0.1) is 23.3 Å². The molecule has 84 valence electrons. The van der Waals surface area contributed by atoms with Crippen molar-refractivity contribution in [2.24, 2.45) is 0 Å². The second kappa shape index (κ2) is 3.58. The zero-order chi connectivity index (χ0) is 12.0. The summed E-state index contributed by atoms with van der Waals surface area (Å²) in [6.07, 6.45) is -5.46. The van der Waals surface area contributed by atoms with Crippen molar-refractivity contribution < 1.29 is 30.7 Å². The molecule has 0 saturated carbocycles. The summed E-state index contributed by atoms with van der Waals surface area (Å²) in [6.45, 7) is 0. The maximum Gasteiger partial charge on any atom is 0.422 e. The molecule has 1 aromatic carbocycles. The monoisotopic (exact) mass is 250 g/mol. The minimum atomic E-state index is -5.46. The van der Waals surface area contributed by atoms with Crippen LogP contribution in [0.15, 0.2) is 4.90 Å². The average Bonchev–Trinajstić information content (AvgIpc) is 2.09. The van der Waals surface area contributed by atoms with Crippen molar-refractivity contribution in [1.82, 2.24) is 0 Å². The first-order valence-electron chi connectivity index (χ1n) is 3.30. The van der Waals surface area contributed by atoms with E-state index in [1.54, 1.807) is 0 Å². The highest BCUT2D eigenvalue weighted by atomic mass is 32.1. The van der Waals surface area contributed by atoms with E-state index in [9.17, 15) is 30.7 Å². The molecule has 8 heteroatoms. The Kier molecular flexibility index (Phi) is 2.90. The number of halogens is 7. The van der Waals surface area contributed by atoms with Crippen LogP contribution in [0.4, 0.5) is 30.7 Å². The Bertz CT molecular complexity index is 380. The summed E-state index contributed by atoms with van der Waals surface area (Å²) < 4.78 is 86.4. The van der Waals surface area contributed by atoms with Crippen molar-refractivity contribution in [2.45, 2.75) is 11.1 Å². The lowest BCUT2D eigenvalue weighted by atomic mass is 10.1. The van der Waals surface area contributed by atoms with Gasteiger partial charge in [-0.1, -0.05) is 0 Å². The highest BCUT2D eigenvalue weighted by molar-refractivity contribution is 7.80. The Morgan fingerprint density at radius 1 is 0.733 bits per heavy atom. The predicted molar refractivity (Wildman–Crippen MR) is 38.5 cm³/mol. The molecule has 0 amide bonds. The first-order chi connectivity index (χ1) is 6.68. The Hall–Kier alpha value is -0.920. The van der Waals surface area contributed by atoms with Crippen LogP contribution in [-0.2, 0) is 6.18 Å². The zero-order valence-electron chi connectivity index (χ0n) is 6.59. The lowest BCUT2D eigenvalue weighted by Crippen LogP contribution is -2.15. The van der Waals surface area contributed by atoms with Gasteiger partial charge < -0.3 is 0 Å². The van der Waals surface area contributed by atoms with E-state index < -0.39 is 39.9 Å². The van der Waals surface area contributed by atoms with Crippen LogP contribution in [0.1, 0.15) is 5.56 Å². The summed E-state index contributed by atoms with van der Waals surface area (Å²) in [6, 6.07) is 0. The fourth-order valence-electron chi connectivity index (χ4n) is 0.870. The molecule has 0 N–H and O–H groups in total. The minimum absolute atomic E-state index is 1.51. The topological polar surface area (TPSA) is 0 Å². The van der Waals surface area contributed by atoms with E-state index in [1.165, 1.54) is 0 Å². The maximum absolute atomic E-state index is 12.8. The molecule has 0 nitrogen and oxygen atoms in total. The summed E-state index contributed by atoms with van der Waals surface area (Å²) in [7, 11) is 0. The molecule has 0 fully saturated rings. The molecule has 15 heavy (non-hydrogen) atoms. The van der Waals surface area contributed by atoms with E-state index >= 15 is 0 Å². The Labute approximate surface area is 84.1 Å². The van der Waals surface area contributed by atoms with Crippen molar-refractivity contribution in [3.05, 3.63) is 28.8 Å². The lowest BCUT2D eigenvalue weighted by Gasteiger charge is -2.11. The molecule has 1 rings (SSSR count). The standard InChI is InChI=1S/C7HF7S/c8-2-1(7(12,13)14)3(9)6(15)5(11)4(2)10/h15H. The van der Waals surface area contributed by atoms with Crippen LogP contribution in [-0.4, -0.2) is 0 Å². The highest BCUT2D eigenvalue weighted by Crippen LogP contribution is 2.37. The molecular formula is C7HF7S. The molecular weight excluding hydrogens is 249 g/mol. The molecule has 1 aromatic rings. The minimum Gasteiger partial charge on any atom is -0.205 e. The number of hydrogen-bond donors (Lipinski definition) is 1. The van der Waals surface area contributed by atoms with E-state index in [2.05, 4.69) is 12.6 Å². The van der Waals surface area contributed by atoms with Crippen LogP contribution >= 0.6 is 12.6 Å². The smallest absolute Gasteiger partial charge is 0.205 e. The molecule has 0 heterocycles. The predicted octanol–water partition coefficient (Wildman–Crippen LogP) is 3.55. The van der Waals surface area contributed by atoms with Crippen LogP contribution in [0.2, 0.25) is 0 Å². The van der Waals surface area contributed by atoms with Crippen LogP contribution in [0.5, 0.6) is 0 Å². The maximum atomic E-state index is 12.8. The van der Waals surface area contributed by atoms with Gasteiger partial charge in [-0.05, 0) is 0 Å². The van der Waals surface area contributed by atoms with Crippen molar-refractivity contribution in [1.29, 1.82) is 0 Å². The summed E-state index contributed by atoms with van der Waals surface area (Å²) in [4.78, 5) is -1.51. The Balaban J connectivity index is 3.68. The van der Waals surface area contributed by atoms with E-state index in [1.807, 2.05) is 0 Å². The van der Waals surface area contributed by atoms with Gasteiger partial charge in [-0.25, -0.2) is 17.6 Å². The van der Waals surface area contributed by atoms with E-state index in [-0.39, 0.29) is 0 Å². The quantitative estimate of drug-likeness (QED) is 0.309. The van der Waals surface area contributed by atoms with Crippen molar-refractivity contribution in [2.75, 3.05) is 0 Å². The van der Waals surface area contributed by atoms with Gasteiger partial charge in [-0.2, -0.15) is 13.2 Å². The Morgan fingerprint density at radius 2 is 1.20 bits per heavy atom. The molecule has 0 spiro atoms. The SMILES string of the molecule is Fc1c(F)c(S)c(F)c(C(F)(F)F)c1F. The highest BCUT2D eigenvalue weighted by Gasteiger charge is 2.41. The second-order valence-electron chi connectivity index (χ2n) is 2.48. The number of benzene rings is 1. The van der Waals surface area contributed by atoms with Gasteiger partial charge in [0.25, 0.3) is 0 Å². The number of thiol groups is 1. The lowest BCUT2D eigenvalue weighted by molar-refractivity contribution is -0.143. The average molecular weight is 250 g/mol. The molecule has 0 aliphatic carbocycles. The molecule has 0 saturated heterocycles. The largest absolute Gasteiger partial charge is 0.422 e. The van der Waals surface area contributed by atoms with E-state index in [0.717, 1.165) is 0 Å². The molecule has 0 aromatic heterocycles. The van der Waals surface area contributed by atoms with Gasteiger partial charge in [-0.3, -0.25) is 0 Å². The first kappa shape index (κ1) is 12.2. The van der Waals surface area contributed by atoms with Crippen LogP contribution in [0.3, 0.4) is 0 Å². The summed E-state index contributed by atoms with van der Waals surface area (Å²) in [5.74, 6) is -9.40. The molecule has 0 bridgehead atoms. The fraction of sp³-hybridized carbons (Fsp3) is 0.143. The van der Waals surface area contributed by atoms with Crippen LogP contribution < -0.4 is 0 Å². The summed E-state index contributed by atoms with van der Waals surface area (Å²) in [5.41, 5.74) is -2.49. The van der Waals surface area contributed by atoms with Gasteiger partial charge in [0.1, 0.15) is 5.56 Å². The third-order valence-corrected chi connectivity index (χ3v) is 1.92. The van der Waals surface area contributed by atoms with Gasteiger partial charge in [0.05, 0.1) is 4.90 Å². The summed E-state index contributed by atoms with van der Waals surface area (Å²) in [5, 5.41) is 0. The van der Waals surface area contributed by atoms with Crippen molar-refractivity contribution >= 4 is 12.6 Å². The first-order valence-corrected chi connectivity index (χ1v) is 3.74. The molecule has 0 atom stereocenters.